The number of halogens is 1. The van der Waals surface area contributed by atoms with Gasteiger partial charge in [-0.15, -0.1) is 0 Å². The molecule has 0 bridgehead atoms. The van der Waals surface area contributed by atoms with E-state index in [1.54, 1.807) is 30.3 Å². The molecule has 1 aromatic heterocycles. The minimum atomic E-state index is -0.262. The number of rotatable bonds is 6. The molecular formula is C23H28ClN5O3. The highest BCUT2D eigenvalue weighted by atomic mass is 35.5. The summed E-state index contributed by atoms with van der Waals surface area (Å²) in [7, 11) is 3.53. The fourth-order valence-electron chi connectivity index (χ4n) is 3.96. The summed E-state index contributed by atoms with van der Waals surface area (Å²) in [5, 5.41) is 6.90. The maximum atomic E-state index is 13.2. The summed E-state index contributed by atoms with van der Waals surface area (Å²) in [6.45, 7) is 3.68. The molecule has 2 aromatic rings. The number of amides is 2. The number of benzene rings is 1. The van der Waals surface area contributed by atoms with Crippen LogP contribution in [0.4, 0.5) is 0 Å². The van der Waals surface area contributed by atoms with Gasteiger partial charge in [0.1, 0.15) is 11.8 Å². The first-order valence-electron chi connectivity index (χ1n) is 10.7. The third-order valence-corrected chi connectivity index (χ3v) is 6.15. The average Bonchev–Trinajstić information content (AvgIpc) is 3.45. The average molecular weight is 458 g/mol. The molecule has 9 heteroatoms. The lowest BCUT2D eigenvalue weighted by Gasteiger charge is -2.35. The normalized spacial score (nSPS) is 19.8. The number of carbonyl (C=O) groups excluding carboxylic acids is 2. The first-order valence-corrected chi connectivity index (χ1v) is 11.1. The Labute approximate surface area is 193 Å². The molecule has 0 saturated carbocycles. The van der Waals surface area contributed by atoms with Crippen molar-refractivity contribution in [2.75, 3.05) is 53.4 Å². The summed E-state index contributed by atoms with van der Waals surface area (Å²) in [6.07, 6.45) is 2.20. The van der Waals surface area contributed by atoms with Gasteiger partial charge in [0.15, 0.2) is 0 Å². The monoisotopic (exact) mass is 457 g/mol. The highest BCUT2D eigenvalue weighted by molar-refractivity contribution is 6.30. The number of hydrogen-bond donors (Lipinski definition) is 0. The summed E-state index contributed by atoms with van der Waals surface area (Å²) in [4.78, 5) is 31.0. The smallest absolute Gasteiger partial charge is 0.257 e. The van der Waals surface area contributed by atoms with Crippen molar-refractivity contribution in [3.63, 3.8) is 0 Å². The summed E-state index contributed by atoms with van der Waals surface area (Å²) in [6, 6.07) is 10.9. The van der Waals surface area contributed by atoms with Crippen molar-refractivity contribution in [1.29, 1.82) is 0 Å². The minimum absolute atomic E-state index is 0.0619. The molecule has 0 spiro atoms. The molecular weight excluding hydrogens is 430 g/mol. The highest BCUT2D eigenvalue weighted by Crippen LogP contribution is 2.33. The Kier molecular flexibility index (Phi) is 6.93. The molecule has 32 heavy (non-hydrogen) atoms. The van der Waals surface area contributed by atoms with Crippen molar-refractivity contribution in [2.45, 2.75) is 12.5 Å². The van der Waals surface area contributed by atoms with Crippen LogP contribution in [0, 0.1) is 0 Å². The van der Waals surface area contributed by atoms with E-state index in [0.29, 0.717) is 18.0 Å². The molecule has 3 heterocycles. The van der Waals surface area contributed by atoms with Crippen LogP contribution in [0.1, 0.15) is 23.8 Å². The van der Waals surface area contributed by atoms with Crippen molar-refractivity contribution >= 4 is 29.1 Å². The van der Waals surface area contributed by atoms with Crippen molar-refractivity contribution in [3.05, 3.63) is 59.0 Å². The van der Waals surface area contributed by atoms with Crippen LogP contribution in [0.15, 0.2) is 52.2 Å². The van der Waals surface area contributed by atoms with E-state index in [4.69, 9.17) is 16.0 Å². The predicted molar refractivity (Wildman–Crippen MR) is 122 cm³/mol. The van der Waals surface area contributed by atoms with Gasteiger partial charge >= 0.3 is 0 Å². The van der Waals surface area contributed by atoms with Gasteiger partial charge < -0.3 is 9.32 Å². The molecule has 1 aromatic carbocycles. The molecule has 4 rings (SSSR count). The van der Waals surface area contributed by atoms with E-state index in [1.165, 1.54) is 0 Å². The van der Waals surface area contributed by atoms with Crippen LogP contribution in [0.5, 0.6) is 0 Å². The van der Waals surface area contributed by atoms with E-state index in [0.717, 1.165) is 43.2 Å². The van der Waals surface area contributed by atoms with Gasteiger partial charge in [0, 0.05) is 51.7 Å². The largest absolute Gasteiger partial charge is 0.467 e. The predicted octanol–water partition coefficient (Wildman–Crippen LogP) is 2.32. The number of piperazine rings is 1. The van der Waals surface area contributed by atoms with Crippen LogP contribution in [0.25, 0.3) is 0 Å². The zero-order valence-electron chi connectivity index (χ0n) is 18.4. The molecule has 1 fully saturated rings. The Bertz CT molecular complexity index is 966. The van der Waals surface area contributed by atoms with Gasteiger partial charge in [0.05, 0.1) is 25.1 Å². The second kappa shape index (κ2) is 9.85. The number of hydrazone groups is 1. The van der Waals surface area contributed by atoms with E-state index in [2.05, 4.69) is 14.9 Å². The molecule has 1 saturated heterocycles. The first kappa shape index (κ1) is 22.5. The van der Waals surface area contributed by atoms with Crippen molar-refractivity contribution in [3.8, 4) is 0 Å². The Morgan fingerprint density at radius 1 is 1.06 bits per heavy atom. The lowest BCUT2D eigenvalue weighted by atomic mass is 10.0. The third-order valence-electron chi connectivity index (χ3n) is 5.90. The van der Waals surface area contributed by atoms with E-state index in [-0.39, 0.29) is 24.4 Å². The molecule has 1 atom stereocenters. The summed E-state index contributed by atoms with van der Waals surface area (Å²) >= 11 is 6.02. The molecule has 0 aliphatic carbocycles. The fraction of sp³-hybridized carbons (Fsp3) is 0.435. The molecule has 0 N–H and O–H groups in total. The second-order valence-corrected chi connectivity index (χ2v) is 8.80. The zero-order chi connectivity index (χ0) is 22.7. The van der Waals surface area contributed by atoms with Crippen LogP contribution < -0.4 is 0 Å². The lowest BCUT2D eigenvalue weighted by molar-refractivity contribution is -0.136. The second-order valence-electron chi connectivity index (χ2n) is 8.37. The molecule has 8 nitrogen and oxygen atoms in total. The van der Waals surface area contributed by atoms with E-state index >= 15 is 0 Å². The van der Waals surface area contributed by atoms with Crippen LogP contribution in [-0.2, 0) is 9.59 Å². The Hall–Kier alpha value is -2.68. The van der Waals surface area contributed by atoms with Crippen molar-refractivity contribution in [2.24, 2.45) is 5.10 Å². The van der Waals surface area contributed by atoms with E-state index in [9.17, 15) is 9.59 Å². The Balaban J connectivity index is 1.41. The number of furan rings is 1. The maximum Gasteiger partial charge on any atom is 0.257 e. The number of hydrogen-bond acceptors (Lipinski definition) is 6. The SMILES string of the molecule is CN(C)C(=O)CN1CCN(CC(=O)N2N=C(c3ccc(Cl)cc3)CC2c2ccco2)CC1. The van der Waals surface area contributed by atoms with E-state index in [1.807, 2.05) is 36.4 Å². The molecule has 0 radical (unpaired) electrons. The van der Waals surface area contributed by atoms with Crippen molar-refractivity contribution in [1.82, 2.24) is 19.7 Å². The summed E-state index contributed by atoms with van der Waals surface area (Å²) in [5.41, 5.74) is 1.78. The minimum Gasteiger partial charge on any atom is -0.467 e. The van der Waals surface area contributed by atoms with Gasteiger partial charge in [-0.05, 0) is 29.8 Å². The van der Waals surface area contributed by atoms with Gasteiger partial charge in [0.25, 0.3) is 5.91 Å². The standard InChI is InChI=1S/C23H28ClN5O3/c1-26(2)22(30)15-27-9-11-28(12-10-27)16-23(31)29-20(21-4-3-13-32-21)14-19(25-29)17-5-7-18(24)8-6-17/h3-8,13,20H,9-12,14-16H2,1-2H3. The van der Waals surface area contributed by atoms with Gasteiger partial charge in [-0.2, -0.15) is 5.10 Å². The first-order chi connectivity index (χ1) is 15.4. The van der Waals surface area contributed by atoms with Gasteiger partial charge in [-0.25, -0.2) is 5.01 Å². The van der Waals surface area contributed by atoms with Crippen LogP contribution in [0.3, 0.4) is 0 Å². The molecule has 170 valence electrons. The Morgan fingerprint density at radius 3 is 2.31 bits per heavy atom. The maximum absolute atomic E-state index is 13.2. The molecule has 2 aliphatic rings. The fourth-order valence-corrected chi connectivity index (χ4v) is 4.09. The van der Waals surface area contributed by atoms with E-state index < -0.39 is 0 Å². The topological polar surface area (TPSA) is 72.6 Å². The lowest BCUT2D eigenvalue weighted by Crippen LogP contribution is -2.51. The number of nitrogens with zero attached hydrogens (tertiary/aromatic N) is 5. The molecule has 2 aliphatic heterocycles. The number of carbonyl (C=O) groups is 2. The van der Waals surface area contributed by atoms with Crippen LogP contribution in [-0.4, -0.2) is 90.6 Å². The Morgan fingerprint density at radius 2 is 1.72 bits per heavy atom. The van der Waals surface area contributed by atoms with Crippen LogP contribution in [0.2, 0.25) is 5.02 Å². The van der Waals surface area contributed by atoms with Gasteiger partial charge in [-0.1, -0.05) is 23.7 Å². The third kappa shape index (κ3) is 5.20. The highest BCUT2D eigenvalue weighted by Gasteiger charge is 2.35. The van der Waals surface area contributed by atoms with Crippen molar-refractivity contribution < 1.29 is 14.0 Å². The van der Waals surface area contributed by atoms with Gasteiger partial charge in [-0.3, -0.25) is 19.4 Å². The summed E-state index contributed by atoms with van der Waals surface area (Å²) < 4.78 is 5.62. The molecule has 2 amide bonds. The summed E-state index contributed by atoms with van der Waals surface area (Å²) in [5.74, 6) is 0.753. The quantitative estimate of drug-likeness (QED) is 0.665. The molecule has 1 unspecified atom stereocenters. The zero-order valence-corrected chi connectivity index (χ0v) is 19.2. The van der Waals surface area contributed by atoms with Crippen LogP contribution >= 0.6 is 11.6 Å². The van der Waals surface area contributed by atoms with Gasteiger partial charge in [0.2, 0.25) is 5.91 Å². The number of likely N-dealkylation sites (N-methyl/N-ethyl adjacent to an activating group) is 1.